The summed E-state index contributed by atoms with van der Waals surface area (Å²) in [6.45, 7) is 0.324. The number of hydrogen-bond donors (Lipinski definition) is 2. The number of rotatable bonds is 10. The Hall–Kier alpha value is -3.81. The summed E-state index contributed by atoms with van der Waals surface area (Å²) in [5.41, 5.74) is 1.68. The van der Waals surface area contributed by atoms with E-state index in [-0.39, 0.29) is 17.7 Å². The Kier molecular flexibility index (Phi) is 7.57. The molecule has 1 unspecified atom stereocenters. The summed E-state index contributed by atoms with van der Waals surface area (Å²) in [6, 6.07) is 8.03. The summed E-state index contributed by atoms with van der Waals surface area (Å²) >= 11 is 0. The van der Waals surface area contributed by atoms with Crippen LogP contribution in [0.1, 0.15) is 37.8 Å². The Morgan fingerprint density at radius 2 is 1.86 bits per heavy atom. The molecule has 1 aliphatic carbocycles. The van der Waals surface area contributed by atoms with E-state index in [0.29, 0.717) is 41.9 Å². The van der Waals surface area contributed by atoms with Gasteiger partial charge in [0, 0.05) is 17.4 Å². The van der Waals surface area contributed by atoms with E-state index in [0.717, 1.165) is 6.20 Å². The van der Waals surface area contributed by atoms with E-state index in [2.05, 4.69) is 34.7 Å². The highest BCUT2D eigenvalue weighted by atomic mass is 32.2. The van der Waals surface area contributed by atoms with Gasteiger partial charge in [0.1, 0.15) is 0 Å². The molecule has 1 aromatic carbocycles. The summed E-state index contributed by atoms with van der Waals surface area (Å²) in [4.78, 5) is 29.1. The highest BCUT2D eigenvalue weighted by Gasteiger charge is 2.36. The molecule has 37 heavy (non-hydrogen) atoms. The molecule has 1 saturated carbocycles. The first-order valence-electron chi connectivity index (χ1n) is 11.3. The van der Waals surface area contributed by atoms with E-state index >= 15 is 0 Å². The van der Waals surface area contributed by atoms with E-state index in [1.807, 2.05) is 0 Å². The minimum absolute atomic E-state index is 0.0810. The van der Waals surface area contributed by atoms with Gasteiger partial charge in [0.25, 0.3) is 0 Å². The molecule has 0 saturated heterocycles. The number of aromatic nitrogens is 4. The number of sulfonamides is 1. The second-order valence-corrected chi connectivity index (χ2v) is 10.3. The number of amides is 1. The number of ether oxygens (including phenoxy) is 1. The fourth-order valence-corrected chi connectivity index (χ4v) is 4.68. The monoisotopic (exact) mass is 536 g/mol. The van der Waals surface area contributed by atoms with Crippen LogP contribution in [-0.2, 0) is 14.8 Å². The minimum atomic E-state index is -4.49. The molecule has 0 bridgehead atoms. The average Bonchev–Trinajstić information content (AvgIpc) is 3.70. The lowest BCUT2D eigenvalue weighted by Gasteiger charge is -2.16. The SMILES string of the molecule is CCC(C(=O)Nc1ccc(-c2cncc(OCC(F)(F)F)n2)cc1)c1ccnc(NS(=O)(=O)C2CC2)n1. The van der Waals surface area contributed by atoms with Crippen LogP contribution in [0.3, 0.4) is 0 Å². The van der Waals surface area contributed by atoms with Crippen LogP contribution in [0.25, 0.3) is 11.3 Å². The Bertz CT molecular complexity index is 1370. The second-order valence-electron chi connectivity index (χ2n) is 8.33. The lowest BCUT2D eigenvalue weighted by molar-refractivity contribution is -0.154. The van der Waals surface area contributed by atoms with Crippen molar-refractivity contribution in [2.75, 3.05) is 16.6 Å². The van der Waals surface area contributed by atoms with Crippen molar-refractivity contribution in [2.24, 2.45) is 0 Å². The van der Waals surface area contributed by atoms with Crippen molar-refractivity contribution in [3.8, 4) is 17.1 Å². The summed E-state index contributed by atoms with van der Waals surface area (Å²) in [7, 11) is -3.54. The van der Waals surface area contributed by atoms with Gasteiger partial charge in [-0.2, -0.15) is 13.2 Å². The molecule has 2 N–H and O–H groups in total. The third-order valence-corrected chi connectivity index (χ3v) is 7.22. The molecule has 1 atom stereocenters. The first-order valence-corrected chi connectivity index (χ1v) is 12.9. The van der Waals surface area contributed by atoms with Gasteiger partial charge in [-0.25, -0.2) is 23.4 Å². The maximum atomic E-state index is 13.0. The van der Waals surface area contributed by atoms with E-state index in [4.69, 9.17) is 0 Å². The maximum Gasteiger partial charge on any atom is 0.422 e. The lowest BCUT2D eigenvalue weighted by Crippen LogP contribution is -2.23. The number of alkyl halides is 3. The molecule has 2 aromatic heterocycles. The number of carbonyl (C=O) groups excluding carboxylic acids is 1. The Morgan fingerprint density at radius 3 is 2.51 bits per heavy atom. The van der Waals surface area contributed by atoms with Gasteiger partial charge in [-0.15, -0.1) is 0 Å². The molecular weight excluding hydrogens is 513 g/mol. The molecule has 1 amide bonds. The number of anilines is 2. The smallest absolute Gasteiger partial charge is 0.422 e. The minimum Gasteiger partial charge on any atom is -0.467 e. The van der Waals surface area contributed by atoms with Gasteiger partial charge < -0.3 is 10.1 Å². The lowest BCUT2D eigenvalue weighted by atomic mass is 10.0. The summed E-state index contributed by atoms with van der Waals surface area (Å²) in [5.74, 6) is -1.36. The molecule has 1 fully saturated rings. The van der Waals surface area contributed by atoms with Gasteiger partial charge in [-0.1, -0.05) is 19.1 Å². The number of nitrogens with zero attached hydrogens (tertiary/aromatic N) is 4. The van der Waals surface area contributed by atoms with E-state index in [1.165, 1.54) is 12.4 Å². The van der Waals surface area contributed by atoms with Crippen molar-refractivity contribution in [3.05, 3.63) is 54.6 Å². The normalized spacial score (nSPS) is 14.6. The van der Waals surface area contributed by atoms with Gasteiger partial charge in [-0.3, -0.25) is 14.5 Å². The van der Waals surface area contributed by atoms with Crippen molar-refractivity contribution in [1.29, 1.82) is 0 Å². The van der Waals surface area contributed by atoms with Crippen molar-refractivity contribution in [3.63, 3.8) is 0 Å². The van der Waals surface area contributed by atoms with Crippen LogP contribution in [-0.4, -0.2) is 52.3 Å². The van der Waals surface area contributed by atoms with E-state index in [1.54, 1.807) is 37.3 Å². The summed E-state index contributed by atoms with van der Waals surface area (Å²) < 4.78 is 68.5. The summed E-state index contributed by atoms with van der Waals surface area (Å²) in [5, 5.41) is 2.35. The predicted octanol–water partition coefficient (Wildman–Crippen LogP) is 3.91. The predicted molar refractivity (Wildman–Crippen MR) is 128 cm³/mol. The molecule has 4 rings (SSSR count). The van der Waals surface area contributed by atoms with Gasteiger partial charge in [-0.05, 0) is 37.5 Å². The average molecular weight is 537 g/mol. The van der Waals surface area contributed by atoms with Crippen LogP contribution in [0.2, 0.25) is 0 Å². The van der Waals surface area contributed by atoms with Crippen LogP contribution in [0.5, 0.6) is 5.88 Å². The first kappa shape index (κ1) is 26.3. The molecule has 0 aliphatic heterocycles. The largest absolute Gasteiger partial charge is 0.467 e. The zero-order valence-electron chi connectivity index (χ0n) is 19.6. The summed E-state index contributed by atoms with van der Waals surface area (Å²) in [6.07, 6.45) is 0.957. The van der Waals surface area contributed by atoms with Crippen LogP contribution >= 0.6 is 0 Å². The third kappa shape index (κ3) is 7.12. The number of benzene rings is 1. The van der Waals surface area contributed by atoms with Crippen molar-refractivity contribution >= 4 is 27.6 Å². The molecule has 10 nitrogen and oxygen atoms in total. The Morgan fingerprint density at radius 1 is 1.14 bits per heavy atom. The van der Waals surface area contributed by atoms with Crippen molar-refractivity contribution < 1.29 is 31.1 Å². The van der Waals surface area contributed by atoms with Crippen LogP contribution in [0.4, 0.5) is 24.8 Å². The molecule has 1 aliphatic rings. The molecule has 2 heterocycles. The zero-order chi connectivity index (χ0) is 26.6. The third-order valence-electron chi connectivity index (χ3n) is 5.40. The van der Waals surface area contributed by atoms with Crippen LogP contribution in [0, 0.1) is 0 Å². The van der Waals surface area contributed by atoms with E-state index < -0.39 is 34.0 Å². The standard InChI is InChI=1S/C23H23F3N6O4S/c1-2-17(18-9-10-28-22(31-18)32-37(34,35)16-7-8-16)21(33)29-15-5-3-14(4-6-15)19-11-27-12-20(30-19)36-13-23(24,25)26/h3-6,9-12,16-17H,2,7-8,13H2,1H3,(H,29,33)(H,28,31,32). The maximum absolute atomic E-state index is 13.0. The number of halogens is 3. The first-order chi connectivity index (χ1) is 17.5. The van der Waals surface area contributed by atoms with E-state index in [9.17, 15) is 26.4 Å². The highest BCUT2D eigenvalue weighted by molar-refractivity contribution is 7.93. The quantitative estimate of drug-likeness (QED) is 0.398. The molecular formula is C23H23F3N6O4S. The fourth-order valence-electron chi connectivity index (χ4n) is 3.40. The second kappa shape index (κ2) is 10.7. The van der Waals surface area contributed by atoms with Crippen molar-refractivity contribution in [1.82, 2.24) is 19.9 Å². The Balaban J connectivity index is 1.42. The Labute approximate surface area is 210 Å². The topological polar surface area (TPSA) is 136 Å². The van der Waals surface area contributed by atoms with Gasteiger partial charge in [0.05, 0.1) is 34.9 Å². The number of hydrogen-bond acceptors (Lipinski definition) is 8. The molecule has 14 heteroatoms. The van der Waals surface area contributed by atoms with Gasteiger partial charge in [0.15, 0.2) is 6.61 Å². The molecule has 196 valence electrons. The van der Waals surface area contributed by atoms with Crippen molar-refractivity contribution in [2.45, 2.75) is 43.5 Å². The molecule has 3 aromatic rings. The molecule has 0 spiro atoms. The molecule has 0 radical (unpaired) electrons. The van der Waals surface area contributed by atoms with Crippen LogP contribution in [0.15, 0.2) is 48.9 Å². The van der Waals surface area contributed by atoms with Gasteiger partial charge >= 0.3 is 6.18 Å². The number of nitrogens with one attached hydrogen (secondary N) is 2. The zero-order valence-corrected chi connectivity index (χ0v) is 20.4. The fraction of sp³-hybridized carbons (Fsp3) is 0.348. The van der Waals surface area contributed by atoms with Crippen LogP contribution < -0.4 is 14.8 Å². The highest BCUT2D eigenvalue weighted by Crippen LogP contribution is 2.29. The number of carbonyl (C=O) groups is 1. The van der Waals surface area contributed by atoms with Gasteiger partial charge in [0.2, 0.25) is 27.8 Å².